The zero-order chi connectivity index (χ0) is 24.4. The topological polar surface area (TPSA) is 112 Å². The van der Waals surface area contributed by atoms with E-state index in [-0.39, 0.29) is 47.3 Å². The molecule has 0 aliphatic heterocycles. The Kier molecular flexibility index (Phi) is 6.65. The molecule has 0 fully saturated rings. The lowest BCUT2D eigenvalue weighted by atomic mass is 10.1. The van der Waals surface area contributed by atoms with Gasteiger partial charge in [0.15, 0.2) is 11.6 Å². The Morgan fingerprint density at radius 1 is 1.18 bits per heavy atom. The van der Waals surface area contributed by atoms with E-state index in [2.05, 4.69) is 10.9 Å². The first-order valence-electron chi connectivity index (χ1n) is 10.1. The Labute approximate surface area is 189 Å². The smallest absolute Gasteiger partial charge is 0.336 e. The van der Waals surface area contributed by atoms with Crippen LogP contribution < -0.4 is 27.8 Å². The lowest BCUT2D eigenvalue weighted by Crippen LogP contribution is -2.45. The molecule has 10 heteroatoms. The van der Waals surface area contributed by atoms with Crippen LogP contribution in [0.3, 0.4) is 0 Å². The van der Waals surface area contributed by atoms with Crippen molar-refractivity contribution in [3.05, 3.63) is 74.3 Å². The fourth-order valence-electron chi connectivity index (χ4n) is 3.54. The SMILES string of the molecule is C#CCn1c(CC(C)C)c(N(N)c2cc(F)c(F)cc2N)c(=O)n(-c2cncc(C)c2)c1=O. The molecule has 0 radical (unpaired) electrons. The van der Waals surface area contributed by atoms with Crippen LogP contribution in [0.2, 0.25) is 0 Å². The molecule has 0 atom stereocenters. The molecule has 3 rings (SSSR count). The van der Waals surface area contributed by atoms with E-state index in [1.807, 2.05) is 13.8 Å². The van der Waals surface area contributed by atoms with Gasteiger partial charge in [-0.3, -0.25) is 19.4 Å². The minimum Gasteiger partial charge on any atom is -0.397 e. The normalized spacial score (nSPS) is 11.0. The summed E-state index contributed by atoms with van der Waals surface area (Å²) in [4.78, 5) is 31.1. The number of rotatable bonds is 6. The number of halogens is 2. The average molecular weight is 454 g/mol. The maximum Gasteiger partial charge on any atom is 0.336 e. The van der Waals surface area contributed by atoms with Crippen molar-refractivity contribution in [2.75, 3.05) is 10.7 Å². The van der Waals surface area contributed by atoms with Crippen molar-refractivity contribution >= 4 is 17.1 Å². The molecule has 0 aliphatic rings. The van der Waals surface area contributed by atoms with E-state index in [1.165, 1.54) is 10.8 Å². The average Bonchev–Trinajstić information content (AvgIpc) is 2.73. The molecule has 33 heavy (non-hydrogen) atoms. The van der Waals surface area contributed by atoms with Crippen molar-refractivity contribution < 1.29 is 8.78 Å². The van der Waals surface area contributed by atoms with E-state index in [0.717, 1.165) is 21.7 Å². The second-order valence-electron chi connectivity index (χ2n) is 8.02. The number of hydrogen-bond donors (Lipinski definition) is 2. The van der Waals surface area contributed by atoms with Crippen molar-refractivity contribution in [2.24, 2.45) is 11.8 Å². The lowest BCUT2D eigenvalue weighted by Gasteiger charge is -2.26. The Balaban J connectivity index is 2.45. The van der Waals surface area contributed by atoms with Crippen LogP contribution in [0.1, 0.15) is 25.1 Å². The molecule has 4 N–H and O–H groups in total. The molecule has 0 saturated carbocycles. The van der Waals surface area contributed by atoms with Crippen LogP contribution in [0.25, 0.3) is 5.69 Å². The third kappa shape index (κ3) is 4.49. The summed E-state index contributed by atoms with van der Waals surface area (Å²) in [6.45, 7) is 5.38. The number of aromatic nitrogens is 3. The van der Waals surface area contributed by atoms with Crippen LogP contribution in [0.15, 0.2) is 40.2 Å². The monoisotopic (exact) mass is 454 g/mol. The number of benzene rings is 1. The van der Waals surface area contributed by atoms with Crippen LogP contribution in [0, 0.1) is 36.8 Å². The molecule has 0 aliphatic carbocycles. The minimum atomic E-state index is -1.19. The highest BCUT2D eigenvalue weighted by Gasteiger charge is 2.26. The van der Waals surface area contributed by atoms with E-state index in [0.29, 0.717) is 5.56 Å². The van der Waals surface area contributed by atoms with Gasteiger partial charge >= 0.3 is 5.69 Å². The number of nitrogens with zero attached hydrogens (tertiary/aromatic N) is 4. The Hall–Kier alpha value is -3.97. The largest absolute Gasteiger partial charge is 0.397 e. The summed E-state index contributed by atoms with van der Waals surface area (Å²) in [7, 11) is 0. The predicted octanol–water partition coefficient (Wildman–Crippen LogP) is 2.41. The van der Waals surface area contributed by atoms with Gasteiger partial charge in [-0.05, 0) is 30.9 Å². The molecule has 0 unspecified atom stereocenters. The highest BCUT2D eigenvalue weighted by Crippen LogP contribution is 2.30. The van der Waals surface area contributed by atoms with E-state index in [9.17, 15) is 18.4 Å². The molecule has 0 spiro atoms. The minimum absolute atomic E-state index is 0.00115. The molecule has 172 valence electrons. The van der Waals surface area contributed by atoms with Crippen LogP contribution >= 0.6 is 0 Å². The molecule has 0 bridgehead atoms. The number of nitrogens with two attached hydrogens (primary N) is 2. The van der Waals surface area contributed by atoms with E-state index < -0.39 is 22.9 Å². The summed E-state index contributed by atoms with van der Waals surface area (Å²) < 4.78 is 29.8. The number of hydrazine groups is 1. The molecule has 3 aromatic rings. The van der Waals surface area contributed by atoms with Crippen molar-refractivity contribution in [3.8, 4) is 18.0 Å². The first-order chi connectivity index (χ1) is 15.6. The molecule has 1 aromatic carbocycles. The number of nitrogen functional groups attached to an aromatic ring is 1. The highest BCUT2D eigenvalue weighted by molar-refractivity contribution is 5.74. The van der Waals surface area contributed by atoms with Gasteiger partial charge in [-0.25, -0.2) is 24.0 Å². The number of anilines is 3. The van der Waals surface area contributed by atoms with Gasteiger partial charge < -0.3 is 5.73 Å². The van der Waals surface area contributed by atoms with Crippen molar-refractivity contribution in [3.63, 3.8) is 0 Å². The van der Waals surface area contributed by atoms with Crippen molar-refractivity contribution in [1.29, 1.82) is 0 Å². The highest BCUT2D eigenvalue weighted by atomic mass is 19.2. The van der Waals surface area contributed by atoms with Gasteiger partial charge in [-0.2, -0.15) is 0 Å². The maximum absolute atomic E-state index is 14.0. The van der Waals surface area contributed by atoms with Gasteiger partial charge in [0.25, 0.3) is 5.56 Å². The summed E-state index contributed by atoms with van der Waals surface area (Å²) in [5.41, 5.74) is 5.13. The molecule has 2 heterocycles. The maximum atomic E-state index is 14.0. The number of pyridine rings is 1. The zero-order valence-electron chi connectivity index (χ0n) is 18.5. The van der Waals surface area contributed by atoms with Gasteiger partial charge in [0, 0.05) is 18.3 Å². The summed E-state index contributed by atoms with van der Waals surface area (Å²) in [6, 6.07) is 3.17. The fourth-order valence-corrected chi connectivity index (χ4v) is 3.54. The second kappa shape index (κ2) is 9.26. The number of hydrogen-bond acceptors (Lipinski definition) is 6. The molecule has 0 amide bonds. The number of terminal acetylenes is 1. The molecular weight excluding hydrogens is 430 g/mol. The van der Waals surface area contributed by atoms with E-state index >= 15 is 0 Å². The summed E-state index contributed by atoms with van der Waals surface area (Å²) >= 11 is 0. The summed E-state index contributed by atoms with van der Waals surface area (Å²) in [5, 5.41) is 0.865. The number of aryl methyl sites for hydroxylation is 1. The van der Waals surface area contributed by atoms with Crippen LogP contribution in [-0.4, -0.2) is 14.1 Å². The Bertz CT molecular complexity index is 1370. The molecular formula is C23H24F2N6O2. The van der Waals surface area contributed by atoms with Crippen LogP contribution in [0.5, 0.6) is 0 Å². The van der Waals surface area contributed by atoms with Gasteiger partial charge in [-0.1, -0.05) is 19.8 Å². The van der Waals surface area contributed by atoms with Gasteiger partial charge in [-0.15, -0.1) is 6.42 Å². The van der Waals surface area contributed by atoms with E-state index in [4.69, 9.17) is 18.0 Å². The molecule has 2 aromatic heterocycles. The van der Waals surface area contributed by atoms with Crippen LogP contribution in [-0.2, 0) is 13.0 Å². The molecule has 0 saturated heterocycles. The van der Waals surface area contributed by atoms with E-state index in [1.54, 1.807) is 19.2 Å². The van der Waals surface area contributed by atoms with Gasteiger partial charge in [0.2, 0.25) is 0 Å². The second-order valence-corrected chi connectivity index (χ2v) is 8.02. The van der Waals surface area contributed by atoms with Gasteiger partial charge in [0.05, 0.1) is 35.5 Å². The fraction of sp³-hybridized carbons (Fsp3) is 0.261. The van der Waals surface area contributed by atoms with Gasteiger partial charge in [0.1, 0.15) is 5.69 Å². The van der Waals surface area contributed by atoms with Crippen LogP contribution in [0.4, 0.5) is 25.8 Å². The standard InChI is InChI=1S/C23H24F2N6O2/c1-5-6-29-20(7-13(2)3)21(31(27)19-10-17(25)16(24)9-18(19)26)22(32)30(23(29)33)15-8-14(4)11-28-12-15/h1,8-13H,6-7,26-27H2,2-4H3. The summed E-state index contributed by atoms with van der Waals surface area (Å²) in [6.07, 6.45) is 8.69. The predicted molar refractivity (Wildman–Crippen MR) is 123 cm³/mol. The third-order valence-electron chi connectivity index (χ3n) is 4.97. The lowest BCUT2D eigenvalue weighted by molar-refractivity contribution is 0.509. The Morgan fingerprint density at radius 2 is 1.85 bits per heavy atom. The first kappa shape index (κ1) is 23.7. The first-order valence-corrected chi connectivity index (χ1v) is 10.1. The quantitative estimate of drug-likeness (QED) is 0.256. The Morgan fingerprint density at radius 3 is 2.45 bits per heavy atom. The van der Waals surface area contributed by atoms with Crippen molar-refractivity contribution in [2.45, 2.75) is 33.7 Å². The molecule has 8 nitrogen and oxygen atoms in total. The zero-order valence-corrected chi connectivity index (χ0v) is 18.5. The van der Waals surface area contributed by atoms with Crippen molar-refractivity contribution in [1.82, 2.24) is 14.1 Å². The third-order valence-corrected chi connectivity index (χ3v) is 4.97. The summed E-state index contributed by atoms with van der Waals surface area (Å²) in [5.74, 6) is 6.34.